The van der Waals surface area contributed by atoms with Crippen molar-refractivity contribution in [3.8, 4) is 12.0 Å². The number of amides is 1. The molecule has 1 saturated heterocycles. The molecule has 76 valence electrons. The van der Waals surface area contributed by atoms with Gasteiger partial charge in [-0.25, -0.2) is 9.69 Å². The summed E-state index contributed by atoms with van der Waals surface area (Å²) in [5.41, 5.74) is 0.859. The van der Waals surface area contributed by atoms with E-state index in [1.54, 1.807) is 0 Å². The molecule has 0 bridgehead atoms. The molecule has 0 saturated carbocycles. The first-order chi connectivity index (χ1) is 7.27. The van der Waals surface area contributed by atoms with E-state index in [9.17, 15) is 4.79 Å². The van der Waals surface area contributed by atoms with Crippen LogP contribution in [-0.2, 0) is 4.74 Å². The van der Waals surface area contributed by atoms with Gasteiger partial charge in [0.1, 0.15) is 6.61 Å². The van der Waals surface area contributed by atoms with Crippen LogP contribution in [0.5, 0.6) is 0 Å². The minimum Gasteiger partial charge on any atom is -0.447 e. The first-order valence-electron chi connectivity index (χ1n) is 4.48. The van der Waals surface area contributed by atoms with Crippen LogP contribution in [0.15, 0.2) is 28.7 Å². The van der Waals surface area contributed by atoms with Gasteiger partial charge in [-0.1, -0.05) is 12.1 Å². The van der Waals surface area contributed by atoms with Gasteiger partial charge in [-0.2, -0.15) is 0 Å². The van der Waals surface area contributed by atoms with Gasteiger partial charge < -0.3 is 4.74 Å². The largest absolute Gasteiger partial charge is 0.447 e. The number of carbonyl (C=O) groups is 1. The SMILES string of the molecule is O=C1OCCN1C#Cc1ccccc1Br. The van der Waals surface area contributed by atoms with Crippen LogP contribution in [0.25, 0.3) is 0 Å². The Morgan fingerprint density at radius 1 is 1.40 bits per heavy atom. The molecule has 0 spiro atoms. The molecule has 0 N–H and O–H groups in total. The fourth-order valence-electron chi connectivity index (χ4n) is 1.19. The van der Waals surface area contributed by atoms with Crippen molar-refractivity contribution in [2.24, 2.45) is 0 Å². The van der Waals surface area contributed by atoms with Crippen LogP contribution >= 0.6 is 15.9 Å². The number of nitrogens with zero attached hydrogens (tertiary/aromatic N) is 1. The third kappa shape index (κ3) is 2.31. The van der Waals surface area contributed by atoms with Crippen LogP contribution in [0.4, 0.5) is 4.79 Å². The van der Waals surface area contributed by atoms with E-state index in [1.165, 1.54) is 4.90 Å². The number of hydrogen-bond acceptors (Lipinski definition) is 2. The van der Waals surface area contributed by atoms with Gasteiger partial charge >= 0.3 is 6.09 Å². The molecule has 1 heterocycles. The van der Waals surface area contributed by atoms with Crippen molar-refractivity contribution in [2.45, 2.75) is 0 Å². The molecule has 1 amide bonds. The first kappa shape index (κ1) is 10.1. The Kier molecular flexibility index (Phi) is 2.93. The predicted octanol–water partition coefficient (Wildman–Crippen LogP) is 2.21. The third-order valence-corrected chi connectivity index (χ3v) is 2.65. The summed E-state index contributed by atoms with van der Waals surface area (Å²) in [5, 5.41) is 0. The Morgan fingerprint density at radius 2 is 2.20 bits per heavy atom. The van der Waals surface area contributed by atoms with Crippen molar-refractivity contribution in [2.75, 3.05) is 13.2 Å². The third-order valence-electron chi connectivity index (χ3n) is 1.96. The molecule has 0 atom stereocenters. The molecular formula is C11H8BrNO2. The molecule has 0 aromatic heterocycles. The van der Waals surface area contributed by atoms with Gasteiger partial charge in [0.15, 0.2) is 0 Å². The maximum Gasteiger partial charge on any atom is 0.421 e. The summed E-state index contributed by atoms with van der Waals surface area (Å²) < 4.78 is 5.68. The smallest absolute Gasteiger partial charge is 0.421 e. The Bertz CT molecular complexity index is 447. The molecule has 15 heavy (non-hydrogen) atoms. The summed E-state index contributed by atoms with van der Waals surface area (Å²) in [6.07, 6.45) is -0.366. The lowest BCUT2D eigenvalue weighted by molar-refractivity contribution is 0.167. The lowest BCUT2D eigenvalue weighted by Gasteiger charge is -2.00. The van der Waals surface area contributed by atoms with E-state index >= 15 is 0 Å². The number of ether oxygens (including phenoxy) is 1. The molecule has 2 rings (SSSR count). The number of cyclic esters (lactones) is 1. The average Bonchev–Trinajstić information content (AvgIpc) is 2.63. The second kappa shape index (κ2) is 4.37. The zero-order valence-electron chi connectivity index (χ0n) is 7.87. The molecule has 1 aromatic rings. The van der Waals surface area contributed by atoms with Crippen molar-refractivity contribution >= 4 is 22.0 Å². The molecule has 4 heteroatoms. The summed E-state index contributed by atoms with van der Waals surface area (Å²) in [7, 11) is 0. The summed E-state index contributed by atoms with van der Waals surface area (Å²) in [6, 6.07) is 10.4. The molecule has 0 radical (unpaired) electrons. The van der Waals surface area contributed by atoms with Crippen LogP contribution < -0.4 is 0 Å². The van der Waals surface area contributed by atoms with Gasteiger partial charge in [0.05, 0.1) is 6.54 Å². The molecule has 1 aliphatic rings. The monoisotopic (exact) mass is 265 g/mol. The van der Waals surface area contributed by atoms with Gasteiger partial charge in [0, 0.05) is 16.1 Å². The first-order valence-corrected chi connectivity index (χ1v) is 5.27. The van der Waals surface area contributed by atoms with Crippen LogP contribution in [0.3, 0.4) is 0 Å². The van der Waals surface area contributed by atoms with E-state index < -0.39 is 0 Å². The molecule has 1 aliphatic heterocycles. The summed E-state index contributed by atoms with van der Waals surface area (Å²) in [4.78, 5) is 12.4. The maximum atomic E-state index is 11.1. The van der Waals surface area contributed by atoms with Gasteiger partial charge in [-0.15, -0.1) is 0 Å². The number of hydrogen-bond donors (Lipinski definition) is 0. The number of benzene rings is 1. The quantitative estimate of drug-likeness (QED) is 0.674. The zero-order valence-corrected chi connectivity index (χ0v) is 9.45. The zero-order chi connectivity index (χ0) is 10.7. The maximum absolute atomic E-state index is 11.1. The van der Waals surface area contributed by atoms with E-state index in [1.807, 2.05) is 24.3 Å². The number of halogens is 1. The summed E-state index contributed by atoms with van der Waals surface area (Å²) >= 11 is 3.38. The lowest BCUT2D eigenvalue weighted by Crippen LogP contribution is -2.17. The van der Waals surface area contributed by atoms with Crippen LogP contribution in [0.2, 0.25) is 0 Å². The Hall–Kier alpha value is -1.47. The van der Waals surface area contributed by atoms with Crippen LogP contribution in [-0.4, -0.2) is 24.1 Å². The van der Waals surface area contributed by atoms with E-state index in [-0.39, 0.29) is 6.09 Å². The second-order valence-electron chi connectivity index (χ2n) is 2.98. The molecule has 1 fully saturated rings. The predicted molar refractivity (Wildman–Crippen MR) is 59.1 cm³/mol. The lowest BCUT2D eigenvalue weighted by atomic mass is 10.2. The van der Waals surface area contributed by atoms with Gasteiger partial charge in [-0.3, -0.25) is 0 Å². The Morgan fingerprint density at radius 3 is 2.87 bits per heavy atom. The highest BCUT2D eigenvalue weighted by molar-refractivity contribution is 9.10. The van der Waals surface area contributed by atoms with Crippen LogP contribution in [0, 0.1) is 12.0 Å². The summed E-state index contributed by atoms with van der Waals surface area (Å²) in [6.45, 7) is 0.958. The van der Waals surface area contributed by atoms with Crippen molar-refractivity contribution in [3.05, 3.63) is 34.3 Å². The van der Waals surface area contributed by atoms with Crippen LogP contribution in [0.1, 0.15) is 5.56 Å². The molecule has 1 aromatic carbocycles. The fourth-order valence-corrected chi connectivity index (χ4v) is 1.57. The van der Waals surface area contributed by atoms with Crippen molar-refractivity contribution in [1.82, 2.24) is 4.90 Å². The van der Waals surface area contributed by atoms with Crippen molar-refractivity contribution in [3.63, 3.8) is 0 Å². The standard InChI is InChI=1S/C11H8BrNO2/c12-10-4-2-1-3-9(10)5-6-13-7-8-15-11(13)14/h1-4H,7-8H2. The minimum atomic E-state index is -0.366. The molecule has 0 unspecified atom stereocenters. The van der Waals surface area contributed by atoms with E-state index in [2.05, 4.69) is 27.9 Å². The fraction of sp³-hybridized carbons (Fsp3) is 0.182. The van der Waals surface area contributed by atoms with Gasteiger partial charge in [-0.05, 0) is 34.0 Å². The van der Waals surface area contributed by atoms with Crippen molar-refractivity contribution in [1.29, 1.82) is 0 Å². The van der Waals surface area contributed by atoms with E-state index in [0.29, 0.717) is 13.2 Å². The highest BCUT2D eigenvalue weighted by Crippen LogP contribution is 2.14. The highest BCUT2D eigenvalue weighted by Gasteiger charge is 2.19. The Balaban J connectivity index is 2.18. The van der Waals surface area contributed by atoms with Crippen molar-refractivity contribution < 1.29 is 9.53 Å². The second-order valence-corrected chi connectivity index (χ2v) is 3.84. The topological polar surface area (TPSA) is 29.5 Å². The molecule has 3 nitrogen and oxygen atoms in total. The van der Waals surface area contributed by atoms with E-state index in [0.717, 1.165) is 10.0 Å². The minimum absolute atomic E-state index is 0.366. The number of rotatable bonds is 0. The summed E-state index contributed by atoms with van der Waals surface area (Å²) in [5.74, 6) is 2.91. The number of carbonyl (C=O) groups excluding carboxylic acids is 1. The Labute approximate surface area is 96.2 Å². The normalized spacial score (nSPS) is 14.5. The molecule has 0 aliphatic carbocycles. The average molecular weight is 266 g/mol. The molecular weight excluding hydrogens is 258 g/mol. The van der Waals surface area contributed by atoms with Gasteiger partial charge in [0.25, 0.3) is 0 Å². The highest BCUT2D eigenvalue weighted by atomic mass is 79.9. The van der Waals surface area contributed by atoms with Gasteiger partial charge in [0.2, 0.25) is 0 Å². The van der Waals surface area contributed by atoms with E-state index in [4.69, 9.17) is 4.74 Å².